The summed E-state index contributed by atoms with van der Waals surface area (Å²) in [6, 6.07) is 17.1. The van der Waals surface area contributed by atoms with Crippen molar-refractivity contribution < 1.29 is 19.1 Å². The van der Waals surface area contributed by atoms with E-state index in [1.54, 1.807) is 31.9 Å². The van der Waals surface area contributed by atoms with Gasteiger partial charge in [0.15, 0.2) is 0 Å². The molecule has 6 heteroatoms. The molecule has 2 heterocycles. The average molecular weight is 418 g/mol. The van der Waals surface area contributed by atoms with Crippen molar-refractivity contribution in [3.63, 3.8) is 0 Å². The van der Waals surface area contributed by atoms with E-state index in [-0.39, 0.29) is 30.9 Å². The normalized spacial score (nSPS) is 24.8. The van der Waals surface area contributed by atoms with Crippen LogP contribution in [0.5, 0.6) is 0 Å². The van der Waals surface area contributed by atoms with Gasteiger partial charge in [-0.3, -0.25) is 14.4 Å². The lowest BCUT2D eigenvalue weighted by atomic mass is 9.72. The summed E-state index contributed by atoms with van der Waals surface area (Å²) in [5, 5.41) is 0. The number of ether oxygens (including phenoxy) is 1. The van der Waals surface area contributed by atoms with Crippen LogP contribution in [0.3, 0.4) is 0 Å². The largest absolute Gasteiger partial charge is 0.466 e. The van der Waals surface area contributed by atoms with Crippen LogP contribution in [0.25, 0.3) is 6.08 Å². The summed E-state index contributed by atoms with van der Waals surface area (Å²) in [7, 11) is 1.71. The Kier molecular flexibility index (Phi) is 5.39. The SMILES string of the molecule is CCOC(=O)[C@H]1CN(C(=O)/C=C/c2ccccc2)[C@]2(C)C(=O)N(C)c3ccccc3[C@H]12. The molecule has 2 aliphatic heterocycles. The van der Waals surface area contributed by atoms with Crippen molar-refractivity contribution in [3.8, 4) is 0 Å². The molecule has 2 amide bonds. The molecule has 2 aromatic carbocycles. The number of anilines is 1. The van der Waals surface area contributed by atoms with Crippen molar-refractivity contribution in [3.05, 3.63) is 71.8 Å². The molecule has 0 saturated carbocycles. The molecular formula is C25H26N2O4. The van der Waals surface area contributed by atoms with E-state index in [2.05, 4.69) is 0 Å². The van der Waals surface area contributed by atoms with Crippen LogP contribution >= 0.6 is 0 Å². The number of esters is 1. The van der Waals surface area contributed by atoms with E-state index < -0.39 is 17.4 Å². The van der Waals surface area contributed by atoms with E-state index in [1.165, 1.54) is 11.0 Å². The lowest BCUT2D eigenvalue weighted by Gasteiger charge is -2.45. The predicted molar refractivity (Wildman–Crippen MR) is 118 cm³/mol. The fourth-order valence-corrected chi connectivity index (χ4v) is 4.92. The highest BCUT2D eigenvalue weighted by Crippen LogP contribution is 2.52. The van der Waals surface area contributed by atoms with Gasteiger partial charge in [-0.15, -0.1) is 0 Å². The first kappa shape index (κ1) is 20.8. The Bertz CT molecular complexity index is 1050. The number of rotatable bonds is 4. The molecule has 3 atom stereocenters. The van der Waals surface area contributed by atoms with Crippen molar-refractivity contribution in [2.75, 3.05) is 25.1 Å². The first-order valence-electron chi connectivity index (χ1n) is 10.5. The molecule has 0 bridgehead atoms. The monoisotopic (exact) mass is 418 g/mol. The summed E-state index contributed by atoms with van der Waals surface area (Å²) in [6.45, 7) is 3.90. The second kappa shape index (κ2) is 8.02. The maximum Gasteiger partial charge on any atom is 0.311 e. The van der Waals surface area contributed by atoms with Crippen LogP contribution in [-0.4, -0.2) is 48.4 Å². The van der Waals surface area contributed by atoms with E-state index >= 15 is 0 Å². The van der Waals surface area contributed by atoms with Gasteiger partial charge in [-0.05, 0) is 37.1 Å². The van der Waals surface area contributed by atoms with E-state index in [9.17, 15) is 14.4 Å². The number of hydrogen-bond donors (Lipinski definition) is 0. The molecule has 2 aromatic rings. The molecule has 4 rings (SSSR count). The summed E-state index contributed by atoms with van der Waals surface area (Å²) < 4.78 is 5.33. The lowest BCUT2D eigenvalue weighted by molar-refractivity contribution is -0.148. The van der Waals surface area contributed by atoms with Gasteiger partial charge in [0.1, 0.15) is 5.54 Å². The molecule has 160 valence electrons. The number of carbonyl (C=O) groups excluding carboxylic acids is 3. The van der Waals surface area contributed by atoms with Gasteiger partial charge in [-0.25, -0.2) is 0 Å². The van der Waals surface area contributed by atoms with Crippen molar-refractivity contribution in [2.45, 2.75) is 25.3 Å². The smallest absolute Gasteiger partial charge is 0.311 e. The quantitative estimate of drug-likeness (QED) is 0.565. The Morgan fingerprint density at radius 2 is 1.81 bits per heavy atom. The van der Waals surface area contributed by atoms with Crippen LogP contribution < -0.4 is 4.90 Å². The van der Waals surface area contributed by atoms with Gasteiger partial charge in [0.05, 0.1) is 12.5 Å². The highest BCUT2D eigenvalue weighted by Gasteiger charge is 2.63. The third kappa shape index (κ3) is 3.32. The molecular weight excluding hydrogens is 392 g/mol. The van der Waals surface area contributed by atoms with Gasteiger partial charge in [0, 0.05) is 31.3 Å². The number of para-hydroxylation sites is 1. The molecule has 0 unspecified atom stereocenters. The standard InChI is InChI=1S/C25H26N2O4/c1-4-31-23(29)19-16-27(21(28)15-14-17-10-6-5-7-11-17)25(2)22(19)18-12-8-9-13-20(18)26(3)24(25)30/h5-15,19,22H,4,16H2,1-3H3/b15-14+/t19-,22+,25-/m0/s1. The number of amides is 2. The highest BCUT2D eigenvalue weighted by atomic mass is 16.5. The molecule has 2 aliphatic rings. The van der Waals surface area contributed by atoms with Crippen LogP contribution in [0, 0.1) is 5.92 Å². The Balaban J connectivity index is 1.78. The molecule has 6 nitrogen and oxygen atoms in total. The van der Waals surface area contributed by atoms with Gasteiger partial charge in [-0.2, -0.15) is 0 Å². The topological polar surface area (TPSA) is 66.9 Å². The zero-order valence-corrected chi connectivity index (χ0v) is 17.9. The molecule has 1 saturated heterocycles. The van der Waals surface area contributed by atoms with E-state index in [0.29, 0.717) is 0 Å². The zero-order chi connectivity index (χ0) is 22.2. The van der Waals surface area contributed by atoms with Crippen molar-refractivity contribution >= 4 is 29.5 Å². The van der Waals surface area contributed by atoms with Gasteiger partial charge >= 0.3 is 5.97 Å². The van der Waals surface area contributed by atoms with Crippen LogP contribution in [-0.2, 0) is 19.1 Å². The maximum absolute atomic E-state index is 13.6. The Morgan fingerprint density at radius 3 is 2.52 bits per heavy atom. The molecule has 0 aromatic heterocycles. The van der Waals surface area contributed by atoms with Gasteiger partial charge in [0.2, 0.25) is 5.91 Å². The maximum atomic E-state index is 13.6. The predicted octanol–water partition coefficient (Wildman–Crippen LogP) is 3.24. The highest BCUT2D eigenvalue weighted by molar-refractivity contribution is 6.08. The first-order chi connectivity index (χ1) is 14.9. The third-order valence-electron chi connectivity index (χ3n) is 6.39. The van der Waals surface area contributed by atoms with Crippen LogP contribution in [0.15, 0.2) is 60.7 Å². The third-order valence-corrected chi connectivity index (χ3v) is 6.39. The number of fused-ring (bicyclic) bond motifs is 3. The fourth-order valence-electron chi connectivity index (χ4n) is 4.92. The summed E-state index contributed by atoms with van der Waals surface area (Å²) in [5.74, 6) is -1.97. The molecule has 0 radical (unpaired) electrons. The summed E-state index contributed by atoms with van der Waals surface area (Å²) >= 11 is 0. The lowest BCUT2D eigenvalue weighted by Crippen LogP contribution is -2.60. The fraction of sp³-hybridized carbons (Fsp3) is 0.320. The minimum absolute atomic E-state index is 0.131. The minimum Gasteiger partial charge on any atom is -0.466 e. The van der Waals surface area contributed by atoms with Crippen LogP contribution in [0.4, 0.5) is 5.69 Å². The van der Waals surface area contributed by atoms with Gasteiger partial charge in [-0.1, -0.05) is 48.5 Å². The Morgan fingerprint density at radius 1 is 1.13 bits per heavy atom. The molecule has 1 fully saturated rings. The molecule has 31 heavy (non-hydrogen) atoms. The molecule has 0 spiro atoms. The van der Waals surface area contributed by atoms with Crippen LogP contribution in [0.2, 0.25) is 0 Å². The number of nitrogens with zero attached hydrogens (tertiary/aromatic N) is 2. The van der Waals surface area contributed by atoms with Crippen molar-refractivity contribution in [1.82, 2.24) is 4.90 Å². The summed E-state index contributed by atoms with van der Waals surface area (Å²) in [4.78, 5) is 42.9. The van der Waals surface area contributed by atoms with Gasteiger partial charge in [0.25, 0.3) is 5.91 Å². The van der Waals surface area contributed by atoms with Crippen LogP contribution in [0.1, 0.15) is 30.9 Å². The number of likely N-dealkylation sites (N-methyl/N-ethyl adjacent to an activating group) is 1. The molecule has 0 aliphatic carbocycles. The molecule has 0 N–H and O–H groups in total. The van der Waals surface area contributed by atoms with Crippen molar-refractivity contribution in [2.24, 2.45) is 5.92 Å². The van der Waals surface area contributed by atoms with E-state index in [1.807, 2.05) is 54.6 Å². The second-order valence-corrected chi connectivity index (χ2v) is 8.10. The summed E-state index contributed by atoms with van der Waals surface area (Å²) in [5.41, 5.74) is 1.35. The second-order valence-electron chi connectivity index (χ2n) is 8.10. The first-order valence-corrected chi connectivity index (χ1v) is 10.5. The Labute approximate surface area is 182 Å². The zero-order valence-electron chi connectivity index (χ0n) is 17.9. The summed E-state index contributed by atoms with van der Waals surface area (Å²) in [6.07, 6.45) is 3.20. The van der Waals surface area contributed by atoms with Gasteiger partial charge < -0.3 is 14.5 Å². The number of likely N-dealkylation sites (tertiary alicyclic amines) is 1. The number of carbonyl (C=O) groups is 3. The van der Waals surface area contributed by atoms with Crippen molar-refractivity contribution in [1.29, 1.82) is 0 Å². The minimum atomic E-state index is -1.18. The average Bonchev–Trinajstić information content (AvgIpc) is 3.11. The number of benzene rings is 2. The van der Waals surface area contributed by atoms with E-state index in [4.69, 9.17) is 4.74 Å². The Hall–Kier alpha value is -3.41. The number of hydrogen-bond acceptors (Lipinski definition) is 4. The van der Waals surface area contributed by atoms with E-state index in [0.717, 1.165) is 16.8 Å².